The van der Waals surface area contributed by atoms with Gasteiger partial charge in [0.15, 0.2) is 0 Å². The Bertz CT molecular complexity index is 605. The second kappa shape index (κ2) is 6.68. The van der Waals surface area contributed by atoms with E-state index in [1.54, 1.807) is 0 Å². The molecule has 1 unspecified atom stereocenters. The van der Waals surface area contributed by atoms with Crippen molar-refractivity contribution in [3.63, 3.8) is 0 Å². The molecule has 2 N–H and O–H groups in total. The van der Waals surface area contributed by atoms with E-state index in [2.05, 4.69) is 4.98 Å². The third kappa shape index (κ3) is 4.12. The fraction of sp³-hybridized carbons (Fsp3) is 0.214. The van der Waals surface area contributed by atoms with Crippen molar-refractivity contribution >= 4 is 23.4 Å². The summed E-state index contributed by atoms with van der Waals surface area (Å²) >= 11 is 7.15. The minimum atomic E-state index is -4.45. The monoisotopic (exact) mass is 332 g/mol. The average molecular weight is 333 g/mol. The number of benzene rings is 1. The molecule has 0 saturated heterocycles. The van der Waals surface area contributed by atoms with E-state index in [1.807, 2.05) is 30.3 Å². The first-order valence-corrected chi connectivity index (χ1v) is 7.32. The molecular weight excluding hydrogens is 321 g/mol. The van der Waals surface area contributed by atoms with E-state index in [0.717, 1.165) is 17.8 Å². The summed E-state index contributed by atoms with van der Waals surface area (Å²) in [6.45, 7) is 0.327. The molecule has 0 saturated carbocycles. The Hall–Kier alpha value is -1.24. The highest BCUT2D eigenvalue weighted by atomic mass is 35.5. The van der Waals surface area contributed by atoms with Crippen molar-refractivity contribution in [3.8, 4) is 0 Å². The molecule has 1 aromatic carbocycles. The zero-order chi connectivity index (χ0) is 15.5. The maximum absolute atomic E-state index is 12.6. The van der Waals surface area contributed by atoms with Gasteiger partial charge in [0, 0.05) is 18.0 Å². The molecule has 0 aliphatic carbocycles. The van der Waals surface area contributed by atoms with Crippen LogP contribution in [0.25, 0.3) is 0 Å². The number of aromatic nitrogens is 1. The lowest BCUT2D eigenvalue weighted by atomic mass is 10.1. The van der Waals surface area contributed by atoms with Gasteiger partial charge in [0.05, 0.1) is 10.6 Å². The van der Waals surface area contributed by atoms with Crippen molar-refractivity contribution in [1.82, 2.24) is 4.98 Å². The number of pyridine rings is 1. The lowest BCUT2D eigenvalue weighted by molar-refractivity contribution is -0.137. The van der Waals surface area contributed by atoms with E-state index in [-0.39, 0.29) is 10.3 Å². The number of alkyl halides is 3. The minimum absolute atomic E-state index is 0.0239. The largest absolute Gasteiger partial charge is 0.417 e. The number of nitrogens with zero attached hydrogens (tertiary/aromatic N) is 1. The van der Waals surface area contributed by atoms with Gasteiger partial charge in [-0.05, 0) is 11.6 Å². The molecule has 0 spiro atoms. The summed E-state index contributed by atoms with van der Waals surface area (Å²) in [6, 6.07) is 10.3. The first-order chi connectivity index (χ1) is 9.91. The van der Waals surface area contributed by atoms with Crippen molar-refractivity contribution < 1.29 is 13.2 Å². The summed E-state index contributed by atoms with van der Waals surface area (Å²) < 4.78 is 37.7. The maximum atomic E-state index is 12.6. The average Bonchev–Trinajstić information content (AvgIpc) is 2.46. The van der Waals surface area contributed by atoms with Crippen LogP contribution in [0.2, 0.25) is 5.02 Å². The molecule has 0 aliphatic rings. The Morgan fingerprint density at radius 1 is 1.24 bits per heavy atom. The van der Waals surface area contributed by atoms with Crippen LogP contribution in [0, 0.1) is 0 Å². The van der Waals surface area contributed by atoms with Crippen molar-refractivity contribution in [2.24, 2.45) is 5.73 Å². The Balaban J connectivity index is 2.23. The van der Waals surface area contributed by atoms with Gasteiger partial charge in [-0.3, -0.25) is 0 Å². The molecule has 1 aromatic heterocycles. The fourth-order valence-corrected chi connectivity index (χ4v) is 2.97. The number of nitrogens with two attached hydrogens (primary N) is 1. The van der Waals surface area contributed by atoms with E-state index in [4.69, 9.17) is 17.3 Å². The van der Waals surface area contributed by atoms with Gasteiger partial charge < -0.3 is 5.73 Å². The molecule has 21 heavy (non-hydrogen) atoms. The Labute approximate surface area is 129 Å². The fourth-order valence-electron chi connectivity index (χ4n) is 1.72. The smallest absolute Gasteiger partial charge is 0.329 e. The summed E-state index contributed by atoms with van der Waals surface area (Å²) in [5.41, 5.74) is 5.84. The third-order valence-corrected chi connectivity index (χ3v) is 4.47. The number of halogens is 4. The van der Waals surface area contributed by atoms with Crippen molar-refractivity contribution in [3.05, 3.63) is 58.7 Å². The van der Waals surface area contributed by atoms with Crippen LogP contribution in [0.5, 0.6) is 0 Å². The molecule has 1 heterocycles. The van der Waals surface area contributed by atoms with E-state index in [1.165, 1.54) is 11.8 Å². The minimum Gasteiger partial charge on any atom is -0.329 e. The molecule has 2 nitrogen and oxygen atoms in total. The highest BCUT2D eigenvalue weighted by molar-refractivity contribution is 7.99. The van der Waals surface area contributed by atoms with Crippen LogP contribution in [-0.4, -0.2) is 11.5 Å². The van der Waals surface area contributed by atoms with Crippen molar-refractivity contribution in [2.75, 3.05) is 6.54 Å². The van der Waals surface area contributed by atoms with Gasteiger partial charge in [-0.15, -0.1) is 0 Å². The van der Waals surface area contributed by atoms with Gasteiger partial charge >= 0.3 is 6.18 Å². The van der Waals surface area contributed by atoms with Crippen molar-refractivity contribution in [2.45, 2.75) is 16.5 Å². The zero-order valence-corrected chi connectivity index (χ0v) is 12.3. The normalized spacial score (nSPS) is 13.2. The standard InChI is InChI=1S/C14H12ClF3N2S/c15-11-6-10(14(16,17)18)8-20-13(11)21-12(7-19)9-4-2-1-3-5-9/h1-6,8,12H,7,19H2. The van der Waals surface area contributed by atoms with Crippen LogP contribution in [0.1, 0.15) is 16.4 Å². The van der Waals surface area contributed by atoms with E-state index >= 15 is 0 Å². The van der Waals surface area contributed by atoms with Crippen LogP contribution < -0.4 is 5.73 Å². The molecule has 112 valence electrons. The molecule has 0 fully saturated rings. The number of hydrogen-bond donors (Lipinski definition) is 1. The lowest BCUT2D eigenvalue weighted by Gasteiger charge is -2.15. The number of rotatable bonds is 4. The Kier molecular flexibility index (Phi) is 5.13. The van der Waals surface area contributed by atoms with Gasteiger partial charge in [-0.2, -0.15) is 13.2 Å². The van der Waals surface area contributed by atoms with Crippen molar-refractivity contribution in [1.29, 1.82) is 0 Å². The SMILES string of the molecule is NCC(Sc1ncc(C(F)(F)F)cc1Cl)c1ccccc1. The highest BCUT2D eigenvalue weighted by Gasteiger charge is 2.31. The van der Waals surface area contributed by atoms with Gasteiger partial charge in [-0.25, -0.2) is 4.98 Å². The molecule has 2 rings (SSSR count). The molecule has 2 aromatic rings. The van der Waals surface area contributed by atoms with Gasteiger partial charge in [0.1, 0.15) is 5.03 Å². The van der Waals surface area contributed by atoms with Gasteiger partial charge in [0.2, 0.25) is 0 Å². The van der Waals surface area contributed by atoms with E-state index < -0.39 is 11.7 Å². The third-order valence-electron chi connectivity index (χ3n) is 2.77. The summed E-state index contributed by atoms with van der Waals surface area (Å²) in [4.78, 5) is 3.81. The van der Waals surface area contributed by atoms with Crippen LogP contribution >= 0.6 is 23.4 Å². The van der Waals surface area contributed by atoms with E-state index in [0.29, 0.717) is 11.6 Å². The zero-order valence-electron chi connectivity index (χ0n) is 10.8. The lowest BCUT2D eigenvalue weighted by Crippen LogP contribution is -2.10. The Morgan fingerprint density at radius 2 is 1.90 bits per heavy atom. The molecule has 0 aliphatic heterocycles. The second-order valence-corrected chi connectivity index (χ2v) is 5.86. The topological polar surface area (TPSA) is 38.9 Å². The summed E-state index contributed by atoms with van der Waals surface area (Å²) in [5.74, 6) is 0. The first kappa shape index (κ1) is 16.1. The summed E-state index contributed by atoms with van der Waals surface area (Å²) in [7, 11) is 0. The van der Waals surface area contributed by atoms with Crippen LogP contribution in [0.4, 0.5) is 13.2 Å². The second-order valence-electron chi connectivity index (χ2n) is 4.26. The predicted octanol–water partition coefficient (Wildman–Crippen LogP) is 4.55. The van der Waals surface area contributed by atoms with Crippen LogP contribution in [-0.2, 0) is 6.18 Å². The number of thioether (sulfide) groups is 1. The molecule has 7 heteroatoms. The van der Waals surface area contributed by atoms with Gasteiger partial charge in [0.25, 0.3) is 0 Å². The summed E-state index contributed by atoms with van der Waals surface area (Å²) in [5, 5.41) is 0.195. The highest BCUT2D eigenvalue weighted by Crippen LogP contribution is 2.39. The molecule has 1 atom stereocenters. The summed E-state index contributed by atoms with van der Waals surface area (Å²) in [6.07, 6.45) is -3.67. The molecule has 0 amide bonds. The predicted molar refractivity (Wildman–Crippen MR) is 78.3 cm³/mol. The molecular formula is C14H12ClF3N2S. The molecule has 0 radical (unpaired) electrons. The van der Waals surface area contributed by atoms with Gasteiger partial charge in [-0.1, -0.05) is 53.7 Å². The first-order valence-electron chi connectivity index (χ1n) is 6.06. The quantitative estimate of drug-likeness (QED) is 0.835. The molecule has 0 bridgehead atoms. The van der Waals surface area contributed by atoms with Crippen LogP contribution in [0.3, 0.4) is 0 Å². The van der Waals surface area contributed by atoms with Crippen LogP contribution in [0.15, 0.2) is 47.6 Å². The Morgan fingerprint density at radius 3 is 2.43 bits per heavy atom. The maximum Gasteiger partial charge on any atom is 0.417 e. The van der Waals surface area contributed by atoms with E-state index in [9.17, 15) is 13.2 Å². The number of hydrogen-bond acceptors (Lipinski definition) is 3.